The van der Waals surface area contributed by atoms with Crippen molar-refractivity contribution < 1.29 is 19.8 Å². The Morgan fingerprint density at radius 1 is 1.39 bits per heavy atom. The third-order valence-electron chi connectivity index (χ3n) is 2.30. The Balaban J connectivity index is 3.01. The van der Waals surface area contributed by atoms with Gasteiger partial charge in [-0.3, -0.25) is 9.59 Å². The van der Waals surface area contributed by atoms with Gasteiger partial charge >= 0.3 is 5.97 Å². The lowest BCUT2D eigenvalue weighted by Gasteiger charge is -2.20. The van der Waals surface area contributed by atoms with Gasteiger partial charge in [0.05, 0.1) is 5.56 Å². The number of rotatable bonds is 5. The van der Waals surface area contributed by atoms with Crippen LogP contribution in [-0.2, 0) is 4.79 Å². The summed E-state index contributed by atoms with van der Waals surface area (Å²) in [5.41, 5.74) is 0.0113. The van der Waals surface area contributed by atoms with Gasteiger partial charge in [0.25, 0.3) is 5.91 Å². The number of carboxylic acid groups (broad SMARTS) is 1. The maximum absolute atomic E-state index is 12.1. The van der Waals surface area contributed by atoms with E-state index in [0.717, 1.165) is 4.90 Å². The zero-order valence-corrected chi connectivity index (χ0v) is 10.6. The van der Waals surface area contributed by atoms with E-state index in [4.69, 9.17) is 16.7 Å². The van der Waals surface area contributed by atoms with E-state index in [2.05, 4.69) is 0 Å². The highest BCUT2D eigenvalue weighted by Gasteiger charge is 2.20. The van der Waals surface area contributed by atoms with Crippen LogP contribution in [0.4, 0.5) is 0 Å². The van der Waals surface area contributed by atoms with E-state index in [1.54, 1.807) is 0 Å². The Labute approximate surface area is 110 Å². The molecule has 1 aromatic carbocycles. The van der Waals surface area contributed by atoms with E-state index < -0.39 is 18.4 Å². The quantitative estimate of drug-likeness (QED) is 0.858. The van der Waals surface area contributed by atoms with Crippen LogP contribution < -0.4 is 0 Å². The summed E-state index contributed by atoms with van der Waals surface area (Å²) >= 11 is 5.75. The van der Waals surface area contributed by atoms with Crippen molar-refractivity contribution >= 4 is 23.5 Å². The average molecular weight is 272 g/mol. The zero-order chi connectivity index (χ0) is 13.7. The van der Waals surface area contributed by atoms with Crippen LogP contribution in [-0.4, -0.2) is 40.1 Å². The number of carbonyl (C=O) groups is 2. The molecular formula is C12H14ClNO4. The molecule has 5 nitrogen and oxygen atoms in total. The first-order chi connectivity index (χ1) is 8.45. The minimum absolute atomic E-state index is 0.0113. The lowest BCUT2D eigenvalue weighted by atomic mass is 10.1. The van der Waals surface area contributed by atoms with Crippen molar-refractivity contribution in [2.45, 2.75) is 13.3 Å². The van der Waals surface area contributed by atoms with E-state index in [0.29, 0.717) is 18.0 Å². The predicted molar refractivity (Wildman–Crippen MR) is 66.9 cm³/mol. The molecule has 0 fully saturated rings. The first-order valence-corrected chi connectivity index (χ1v) is 5.83. The number of benzene rings is 1. The van der Waals surface area contributed by atoms with Gasteiger partial charge in [0.1, 0.15) is 12.3 Å². The first kappa shape index (κ1) is 14.3. The lowest BCUT2D eigenvalue weighted by molar-refractivity contribution is -0.137. The van der Waals surface area contributed by atoms with Crippen LogP contribution in [0.5, 0.6) is 5.75 Å². The number of amides is 1. The smallest absolute Gasteiger partial charge is 0.323 e. The predicted octanol–water partition coefficient (Wildman–Crippen LogP) is 1.98. The van der Waals surface area contributed by atoms with Crippen LogP contribution in [0, 0.1) is 0 Å². The van der Waals surface area contributed by atoms with Crippen molar-refractivity contribution in [3.05, 3.63) is 28.8 Å². The normalized spacial score (nSPS) is 10.1. The van der Waals surface area contributed by atoms with Crippen LogP contribution in [0.2, 0.25) is 5.02 Å². The summed E-state index contributed by atoms with van der Waals surface area (Å²) in [5.74, 6) is -1.85. The highest BCUT2D eigenvalue weighted by atomic mass is 35.5. The van der Waals surface area contributed by atoms with Crippen molar-refractivity contribution in [2.24, 2.45) is 0 Å². The van der Waals surface area contributed by atoms with Crippen LogP contribution in [0.15, 0.2) is 18.2 Å². The molecule has 0 atom stereocenters. The molecule has 0 bridgehead atoms. The molecule has 1 aromatic rings. The number of carbonyl (C=O) groups excluding carboxylic acids is 1. The minimum atomic E-state index is -1.10. The first-order valence-electron chi connectivity index (χ1n) is 5.45. The summed E-state index contributed by atoms with van der Waals surface area (Å²) in [5, 5.41) is 18.7. The fourth-order valence-corrected chi connectivity index (χ4v) is 1.71. The number of halogens is 1. The molecule has 1 rings (SSSR count). The number of phenols is 1. The van der Waals surface area contributed by atoms with Gasteiger partial charge in [0.15, 0.2) is 0 Å². The Morgan fingerprint density at radius 2 is 2.06 bits per heavy atom. The molecule has 0 aliphatic heterocycles. The molecule has 0 spiro atoms. The Hall–Kier alpha value is -1.75. The maximum Gasteiger partial charge on any atom is 0.323 e. The zero-order valence-electron chi connectivity index (χ0n) is 9.89. The SMILES string of the molecule is CCCN(CC(=O)O)C(=O)c1cc(Cl)ccc1O. The third kappa shape index (κ3) is 3.63. The van der Waals surface area contributed by atoms with Crippen LogP contribution >= 0.6 is 11.6 Å². The van der Waals surface area contributed by atoms with E-state index in [-0.39, 0.29) is 11.3 Å². The van der Waals surface area contributed by atoms with Gasteiger partial charge in [0, 0.05) is 11.6 Å². The van der Waals surface area contributed by atoms with Crippen LogP contribution in [0.25, 0.3) is 0 Å². The van der Waals surface area contributed by atoms with Crippen molar-refractivity contribution in [2.75, 3.05) is 13.1 Å². The second kappa shape index (κ2) is 6.26. The fraction of sp³-hybridized carbons (Fsp3) is 0.333. The lowest BCUT2D eigenvalue weighted by Crippen LogP contribution is -2.36. The summed E-state index contributed by atoms with van der Waals surface area (Å²) in [7, 11) is 0. The molecule has 0 saturated heterocycles. The van der Waals surface area contributed by atoms with Crippen LogP contribution in [0.3, 0.4) is 0 Å². The molecule has 0 aromatic heterocycles. The van der Waals surface area contributed by atoms with Crippen molar-refractivity contribution in [1.29, 1.82) is 0 Å². The second-order valence-electron chi connectivity index (χ2n) is 3.78. The summed E-state index contributed by atoms with van der Waals surface area (Å²) in [4.78, 5) is 23.9. The molecule has 0 aliphatic rings. The van der Waals surface area contributed by atoms with Gasteiger partial charge in [0.2, 0.25) is 0 Å². The molecule has 1 amide bonds. The molecule has 0 unspecified atom stereocenters. The van der Waals surface area contributed by atoms with Crippen LogP contribution in [0.1, 0.15) is 23.7 Å². The summed E-state index contributed by atoms with van der Waals surface area (Å²) < 4.78 is 0. The van der Waals surface area contributed by atoms with E-state index >= 15 is 0 Å². The number of hydrogen-bond acceptors (Lipinski definition) is 3. The fourth-order valence-electron chi connectivity index (χ4n) is 1.54. The maximum atomic E-state index is 12.1. The number of nitrogens with zero attached hydrogens (tertiary/aromatic N) is 1. The number of phenolic OH excluding ortho intramolecular Hbond substituents is 1. The van der Waals surface area contributed by atoms with Gasteiger partial charge in [-0.25, -0.2) is 0 Å². The summed E-state index contributed by atoms with van der Waals surface area (Å²) in [6.45, 7) is 1.73. The van der Waals surface area contributed by atoms with Gasteiger partial charge in [-0.05, 0) is 24.6 Å². The van der Waals surface area contributed by atoms with E-state index in [1.165, 1.54) is 18.2 Å². The van der Waals surface area contributed by atoms with Crippen molar-refractivity contribution in [3.63, 3.8) is 0 Å². The second-order valence-corrected chi connectivity index (χ2v) is 4.22. The highest BCUT2D eigenvalue weighted by Crippen LogP contribution is 2.23. The largest absolute Gasteiger partial charge is 0.507 e. The molecule has 0 aliphatic carbocycles. The molecule has 18 heavy (non-hydrogen) atoms. The summed E-state index contributed by atoms with van der Waals surface area (Å²) in [6, 6.07) is 4.08. The van der Waals surface area contributed by atoms with Gasteiger partial charge in [-0.1, -0.05) is 18.5 Å². The van der Waals surface area contributed by atoms with Crippen molar-refractivity contribution in [3.8, 4) is 5.75 Å². The Bertz CT molecular complexity index is 461. The van der Waals surface area contributed by atoms with Gasteiger partial charge in [-0.2, -0.15) is 0 Å². The standard InChI is InChI=1S/C12H14ClNO4/c1-2-5-14(7-11(16)17)12(18)9-6-8(13)3-4-10(9)15/h3-4,6,15H,2,5,7H2,1H3,(H,16,17). The van der Waals surface area contributed by atoms with E-state index in [9.17, 15) is 14.7 Å². The number of hydrogen-bond donors (Lipinski definition) is 2. The van der Waals surface area contributed by atoms with E-state index in [1.807, 2.05) is 6.92 Å². The number of aliphatic carboxylic acids is 1. The highest BCUT2D eigenvalue weighted by molar-refractivity contribution is 6.31. The molecule has 98 valence electrons. The van der Waals surface area contributed by atoms with Crippen molar-refractivity contribution in [1.82, 2.24) is 4.90 Å². The molecule has 6 heteroatoms. The number of aromatic hydroxyl groups is 1. The molecule has 0 radical (unpaired) electrons. The monoisotopic (exact) mass is 271 g/mol. The molecule has 2 N–H and O–H groups in total. The van der Waals surface area contributed by atoms with Gasteiger partial charge in [-0.15, -0.1) is 0 Å². The molecule has 0 heterocycles. The van der Waals surface area contributed by atoms with Gasteiger partial charge < -0.3 is 15.1 Å². The molecular weight excluding hydrogens is 258 g/mol. The topological polar surface area (TPSA) is 77.8 Å². The Kier molecular flexibility index (Phi) is 4.97. The third-order valence-corrected chi connectivity index (χ3v) is 2.53. The Morgan fingerprint density at radius 3 is 2.61 bits per heavy atom. The number of carboxylic acids is 1. The summed E-state index contributed by atoms with van der Waals surface area (Å²) in [6.07, 6.45) is 0.625. The minimum Gasteiger partial charge on any atom is -0.507 e. The average Bonchev–Trinajstić information content (AvgIpc) is 2.30. The molecule has 0 saturated carbocycles.